The van der Waals surface area contributed by atoms with Crippen LogP contribution in [0.1, 0.15) is 30.7 Å². The van der Waals surface area contributed by atoms with Gasteiger partial charge in [0.2, 0.25) is 0 Å². The normalized spacial score (nSPS) is 12.9. The van der Waals surface area contributed by atoms with Crippen molar-refractivity contribution in [2.24, 2.45) is 5.92 Å². The number of ether oxygens (including phenoxy) is 1. The smallest absolute Gasteiger partial charge is 0.123 e. The van der Waals surface area contributed by atoms with E-state index in [9.17, 15) is 4.39 Å². The molecule has 0 bridgehead atoms. The molecule has 1 atom stereocenters. The van der Waals surface area contributed by atoms with Gasteiger partial charge in [0.25, 0.3) is 0 Å². The van der Waals surface area contributed by atoms with Crippen molar-refractivity contribution in [2.75, 3.05) is 7.11 Å². The van der Waals surface area contributed by atoms with Crippen molar-refractivity contribution in [1.29, 1.82) is 0 Å². The minimum atomic E-state index is -0.223. The summed E-state index contributed by atoms with van der Waals surface area (Å²) in [7, 11) is 1.60. The van der Waals surface area contributed by atoms with Crippen LogP contribution in [0.3, 0.4) is 0 Å². The Morgan fingerprint density at radius 1 is 1.40 bits per heavy atom. The van der Waals surface area contributed by atoms with Gasteiger partial charge in [-0.25, -0.2) is 4.39 Å². The molecule has 1 unspecified atom stereocenters. The molecule has 0 spiro atoms. The molecule has 0 saturated heterocycles. The van der Waals surface area contributed by atoms with E-state index in [2.05, 4.69) is 29.8 Å². The summed E-state index contributed by atoms with van der Waals surface area (Å²) in [6.45, 7) is 4.28. The zero-order valence-electron chi connectivity index (χ0n) is 9.26. The highest BCUT2D eigenvalue weighted by Crippen LogP contribution is 2.36. The van der Waals surface area contributed by atoms with E-state index in [1.165, 1.54) is 12.1 Å². The van der Waals surface area contributed by atoms with E-state index < -0.39 is 0 Å². The van der Waals surface area contributed by atoms with Crippen LogP contribution >= 0.6 is 15.9 Å². The first-order valence-electron chi connectivity index (χ1n) is 5.02. The molecule has 15 heavy (non-hydrogen) atoms. The quantitative estimate of drug-likeness (QED) is 0.744. The first-order chi connectivity index (χ1) is 7.04. The molecule has 0 aliphatic rings. The molecule has 0 aliphatic carbocycles. The maximum Gasteiger partial charge on any atom is 0.123 e. The predicted molar refractivity (Wildman–Crippen MR) is 64.1 cm³/mol. The van der Waals surface area contributed by atoms with E-state index in [0.29, 0.717) is 5.92 Å². The molecule has 1 nitrogen and oxygen atoms in total. The average Bonchev–Trinajstić information content (AvgIpc) is 2.16. The lowest BCUT2D eigenvalue weighted by atomic mass is 10.0. The molecule has 0 saturated carbocycles. The molecule has 0 radical (unpaired) electrons. The van der Waals surface area contributed by atoms with Gasteiger partial charge in [-0.3, -0.25) is 0 Å². The summed E-state index contributed by atoms with van der Waals surface area (Å²) in [5.41, 5.74) is 0.881. The second kappa shape index (κ2) is 5.50. The molecule has 0 fully saturated rings. The van der Waals surface area contributed by atoms with Gasteiger partial charge in [-0.05, 0) is 30.5 Å². The van der Waals surface area contributed by atoms with Crippen molar-refractivity contribution in [1.82, 2.24) is 0 Å². The van der Waals surface area contributed by atoms with E-state index in [1.54, 1.807) is 13.2 Å². The van der Waals surface area contributed by atoms with Crippen molar-refractivity contribution in [3.63, 3.8) is 0 Å². The maximum absolute atomic E-state index is 13.1. The third kappa shape index (κ3) is 3.49. The molecule has 3 heteroatoms. The minimum Gasteiger partial charge on any atom is -0.496 e. The van der Waals surface area contributed by atoms with Crippen LogP contribution in [-0.2, 0) is 0 Å². The van der Waals surface area contributed by atoms with Crippen LogP contribution in [-0.4, -0.2) is 7.11 Å². The number of hydrogen-bond donors (Lipinski definition) is 0. The van der Waals surface area contributed by atoms with Crippen molar-refractivity contribution < 1.29 is 9.13 Å². The van der Waals surface area contributed by atoms with Gasteiger partial charge in [0.1, 0.15) is 11.6 Å². The summed E-state index contributed by atoms with van der Waals surface area (Å²) in [5.74, 6) is 1.07. The third-order valence-corrected chi connectivity index (χ3v) is 3.07. The Kier molecular flexibility index (Phi) is 4.58. The third-order valence-electron chi connectivity index (χ3n) is 2.21. The van der Waals surface area contributed by atoms with Gasteiger partial charge in [-0.1, -0.05) is 29.8 Å². The highest BCUT2D eigenvalue weighted by molar-refractivity contribution is 9.09. The first-order valence-corrected chi connectivity index (χ1v) is 5.93. The second-order valence-corrected chi connectivity index (χ2v) is 5.09. The number of alkyl halides is 1. The van der Waals surface area contributed by atoms with Gasteiger partial charge in [-0.15, -0.1) is 0 Å². The number of rotatable bonds is 4. The summed E-state index contributed by atoms with van der Waals surface area (Å²) in [4.78, 5) is 0.142. The molecule has 1 aromatic rings. The fourth-order valence-electron chi connectivity index (χ4n) is 1.49. The summed E-state index contributed by atoms with van der Waals surface area (Å²) in [5, 5.41) is 0. The van der Waals surface area contributed by atoms with Crippen LogP contribution < -0.4 is 4.74 Å². The summed E-state index contributed by atoms with van der Waals surface area (Å²) >= 11 is 3.57. The van der Waals surface area contributed by atoms with E-state index >= 15 is 0 Å². The van der Waals surface area contributed by atoms with E-state index in [0.717, 1.165) is 17.7 Å². The van der Waals surface area contributed by atoms with Gasteiger partial charge in [0.15, 0.2) is 0 Å². The van der Waals surface area contributed by atoms with Gasteiger partial charge in [-0.2, -0.15) is 0 Å². The fourth-order valence-corrected chi connectivity index (χ4v) is 2.60. The summed E-state index contributed by atoms with van der Waals surface area (Å²) < 4.78 is 18.3. The lowest BCUT2D eigenvalue weighted by molar-refractivity contribution is 0.406. The van der Waals surface area contributed by atoms with Gasteiger partial charge < -0.3 is 4.74 Å². The molecule has 84 valence electrons. The predicted octanol–water partition coefficient (Wildman–Crippen LogP) is 4.32. The van der Waals surface area contributed by atoms with Gasteiger partial charge in [0, 0.05) is 10.4 Å². The van der Waals surface area contributed by atoms with Crippen LogP contribution in [0, 0.1) is 11.7 Å². The van der Waals surface area contributed by atoms with E-state index in [1.807, 2.05) is 0 Å². The largest absolute Gasteiger partial charge is 0.496 e. The molecule has 1 aromatic carbocycles. The molecule has 0 heterocycles. The van der Waals surface area contributed by atoms with Crippen LogP contribution in [0.5, 0.6) is 5.75 Å². The Balaban J connectivity index is 2.94. The zero-order valence-corrected chi connectivity index (χ0v) is 10.8. The molecular weight excluding hydrogens is 259 g/mol. The van der Waals surface area contributed by atoms with Crippen molar-refractivity contribution in [2.45, 2.75) is 25.1 Å². The van der Waals surface area contributed by atoms with Crippen LogP contribution in [0.4, 0.5) is 4.39 Å². The minimum absolute atomic E-state index is 0.142. The lowest BCUT2D eigenvalue weighted by Gasteiger charge is -2.16. The number of hydrogen-bond acceptors (Lipinski definition) is 1. The van der Waals surface area contributed by atoms with Crippen molar-refractivity contribution in [3.8, 4) is 5.75 Å². The fraction of sp³-hybridized carbons (Fsp3) is 0.500. The standard InChI is InChI=1S/C12H16BrFO/c1-8(2)6-11(13)10-7-9(14)4-5-12(10)15-3/h4-5,7-8,11H,6H2,1-3H3. The summed E-state index contributed by atoms with van der Waals surface area (Å²) in [6, 6.07) is 4.61. The van der Waals surface area contributed by atoms with E-state index in [4.69, 9.17) is 4.74 Å². The highest BCUT2D eigenvalue weighted by atomic mass is 79.9. The van der Waals surface area contributed by atoms with Crippen molar-refractivity contribution >= 4 is 15.9 Å². The lowest BCUT2D eigenvalue weighted by Crippen LogP contribution is -1.99. The Labute approximate surface area is 98.8 Å². The van der Waals surface area contributed by atoms with Crippen LogP contribution in [0.15, 0.2) is 18.2 Å². The summed E-state index contributed by atoms with van der Waals surface area (Å²) in [6.07, 6.45) is 0.958. The van der Waals surface area contributed by atoms with E-state index in [-0.39, 0.29) is 10.6 Å². The molecular formula is C12H16BrFO. The maximum atomic E-state index is 13.1. The molecule has 0 N–H and O–H groups in total. The molecule has 0 aliphatic heterocycles. The molecule has 1 rings (SSSR count). The Bertz CT molecular complexity index is 325. The molecule has 0 amide bonds. The van der Waals surface area contributed by atoms with Gasteiger partial charge >= 0.3 is 0 Å². The average molecular weight is 275 g/mol. The molecule has 0 aromatic heterocycles. The van der Waals surface area contributed by atoms with Crippen molar-refractivity contribution in [3.05, 3.63) is 29.6 Å². The van der Waals surface area contributed by atoms with Gasteiger partial charge in [0.05, 0.1) is 7.11 Å². The highest BCUT2D eigenvalue weighted by Gasteiger charge is 2.15. The Hall–Kier alpha value is -0.570. The Morgan fingerprint density at radius 2 is 2.07 bits per heavy atom. The number of halogens is 2. The monoisotopic (exact) mass is 274 g/mol. The second-order valence-electron chi connectivity index (χ2n) is 3.98. The Morgan fingerprint density at radius 3 is 2.60 bits per heavy atom. The first kappa shape index (κ1) is 12.5. The number of methoxy groups -OCH3 is 1. The zero-order chi connectivity index (χ0) is 11.4. The topological polar surface area (TPSA) is 9.23 Å². The number of benzene rings is 1. The van der Waals surface area contributed by atoms with Crippen LogP contribution in [0.25, 0.3) is 0 Å². The SMILES string of the molecule is COc1ccc(F)cc1C(Br)CC(C)C. The van der Waals surface area contributed by atoms with Crippen LogP contribution in [0.2, 0.25) is 0 Å².